The number of nitrogens with zero attached hydrogens (tertiary/aromatic N) is 1. The van der Waals surface area contributed by atoms with Crippen LogP contribution in [0.15, 0.2) is 32.6 Å². The van der Waals surface area contributed by atoms with E-state index in [-0.39, 0.29) is 72.5 Å². The molecule has 5 aliphatic rings. The van der Waals surface area contributed by atoms with Gasteiger partial charge in [-0.05, 0) is 86.2 Å². The number of ketones is 1. The molecule has 5 N–H and O–H groups in total. The van der Waals surface area contributed by atoms with Crippen LogP contribution in [0.3, 0.4) is 0 Å². The third-order valence-corrected chi connectivity index (χ3v) is 13.0. The summed E-state index contributed by atoms with van der Waals surface area (Å²) in [4.78, 5) is 68.7. The zero-order valence-corrected chi connectivity index (χ0v) is 28.6. The molecule has 1 aromatic heterocycles. The molecule has 2 heterocycles. The first-order chi connectivity index (χ1) is 23.4. The van der Waals surface area contributed by atoms with Crippen LogP contribution in [0.25, 0.3) is 0 Å². The number of carbonyl (C=O) groups is 4. The number of nitrogens with two attached hydrogens (primary N) is 2. The van der Waals surface area contributed by atoms with Gasteiger partial charge in [0.15, 0.2) is 0 Å². The Morgan fingerprint density at radius 3 is 2.63 bits per heavy atom. The van der Waals surface area contributed by atoms with Crippen LogP contribution in [-0.4, -0.2) is 66.8 Å². The minimum Gasteiger partial charge on any atom is -0.459 e. The summed E-state index contributed by atoms with van der Waals surface area (Å²) in [5, 5.41) is 0. The smallest absolute Gasteiger partial charge is 0.335 e. The van der Waals surface area contributed by atoms with Crippen molar-refractivity contribution in [3.63, 3.8) is 0 Å². The lowest BCUT2D eigenvalue weighted by Gasteiger charge is -2.61. The molecule has 268 valence electrons. The quantitative estimate of drug-likeness (QED) is 0.0686. The first-order valence-electron chi connectivity index (χ1n) is 17.7. The summed E-state index contributed by atoms with van der Waals surface area (Å²) in [6.07, 6.45) is 9.20. The van der Waals surface area contributed by atoms with Gasteiger partial charge in [-0.1, -0.05) is 13.8 Å². The topological polar surface area (TPSA) is 206 Å². The van der Waals surface area contributed by atoms with Gasteiger partial charge in [0, 0.05) is 49.6 Å². The number of Topliss-reactive ketones (excluding diaryl/α,β-unsaturated/α-hetero) is 1. The second kappa shape index (κ2) is 13.7. The minimum atomic E-state index is -0.959. The number of aliphatic imine (C=N–C) groups is 1. The predicted octanol–water partition coefficient (Wildman–Crippen LogP) is 2.72. The predicted molar refractivity (Wildman–Crippen MR) is 177 cm³/mol. The van der Waals surface area contributed by atoms with Crippen molar-refractivity contribution in [2.24, 2.45) is 51.0 Å². The number of fused-ring (bicyclic) bond motifs is 3. The summed E-state index contributed by atoms with van der Waals surface area (Å²) in [6.45, 7) is 6.33. The Balaban J connectivity index is 1.08. The van der Waals surface area contributed by atoms with Gasteiger partial charge in [-0.3, -0.25) is 19.4 Å². The SMILES string of the molecule is CC(=O)O[C@@H]1[C@@H]2O[C@]23[C@@H]2CC[C@@H]4C[C@@H](ONC(N)=NCC[C@H](C(=O)CCC=O)[C@H](N)C=O)CC[C@]4(C)C2CC[C@]3(C)[C@H]1c1ccc(=O)oc1. The highest BCUT2D eigenvalue weighted by Gasteiger charge is 2.84. The van der Waals surface area contributed by atoms with Crippen LogP contribution in [-0.2, 0) is 33.5 Å². The van der Waals surface area contributed by atoms with Crippen molar-refractivity contribution >= 4 is 30.3 Å². The van der Waals surface area contributed by atoms with E-state index < -0.39 is 29.3 Å². The molecule has 1 spiro atoms. The van der Waals surface area contributed by atoms with Gasteiger partial charge in [0.1, 0.15) is 36.2 Å². The van der Waals surface area contributed by atoms with E-state index >= 15 is 0 Å². The van der Waals surface area contributed by atoms with E-state index in [0.29, 0.717) is 30.3 Å². The van der Waals surface area contributed by atoms with Gasteiger partial charge >= 0.3 is 11.6 Å². The van der Waals surface area contributed by atoms with Gasteiger partial charge < -0.3 is 34.9 Å². The number of hydrogen-bond acceptors (Lipinski definition) is 11. The van der Waals surface area contributed by atoms with E-state index in [2.05, 4.69) is 24.3 Å². The lowest BCUT2D eigenvalue weighted by molar-refractivity contribution is -0.161. The second-order valence-corrected chi connectivity index (χ2v) is 15.4. The Labute approximate surface area is 286 Å². The molecule has 0 bridgehead atoms. The van der Waals surface area contributed by atoms with Crippen LogP contribution in [0.1, 0.15) is 96.5 Å². The van der Waals surface area contributed by atoms with Gasteiger partial charge in [-0.25, -0.2) is 10.3 Å². The number of carbonyl (C=O) groups excluding carboxylic acids is 4. The highest BCUT2D eigenvalue weighted by molar-refractivity contribution is 5.86. The monoisotopic (exact) mass is 682 g/mol. The van der Waals surface area contributed by atoms with Crippen molar-refractivity contribution in [2.45, 2.75) is 121 Å². The molecular weight excluding hydrogens is 632 g/mol. The van der Waals surface area contributed by atoms with Crippen molar-refractivity contribution in [1.82, 2.24) is 5.48 Å². The summed E-state index contributed by atoms with van der Waals surface area (Å²) in [5.74, 6) is -0.0860. The molecular formula is C36H50N4O9. The first-order valence-corrected chi connectivity index (χ1v) is 17.7. The standard InChI is InChI=1S/C36H50N4O9/c1-20(43)47-31-30(21-6-9-29(45)46-19-21)35(3)14-11-25-26(36(35)32(31)48-36)8-7-22-17-23(10-13-34(22,25)2)49-40-33(38)39-15-12-24(27(37)18-42)28(44)5-4-16-41/h6,9,16,18-19,22-27,30-32H,4-5,7-8,10-15,17,37H2,1-3H3,(H3,38,39,40)/t22-,23+,24+,25?,26-,27-,30+,31+,32+,34+,35-,36-/m1/s1. The lowest BCUT2D eigenvalue weighted by atomic mass is 9.44. The molecule has 1 saturated heterocycles. The van der Waals surface area contributed by atoms with Gasteiger partial charge in [-0.2, -0.15) is 0 Å². The summed E-state index contributed by atoms with van der Waals surface area (Å²) < 4.78 is 18.0. The number of epoxide rings is 1. The Morgan fingerprint density at radius 2 is 1.94 bits per heavy atom. The zero-order valence-electron chi connectivity index (χ0n) is 28.6. The molecule has 0 radical (unpaired) electrons. The fourth-order valence-corrected chi connectivity index (χ4v) is 10.7. The zero-order chi connectivity index (χ0) is 35.1. The number of guanidine groups is 1. The van der Waals surface area contributed by atoms with Gasteiger partial charge in [0.05, 0.1) is 18.4 Å². The number of nitrogens with one attached hydrogen (secondary N) is 1. The number of hydroxylamine groups is 1. The Morgan fingerprint density at radius 1 is 1.14 bits per heavy atom. The van der Waals surface area contributed by atoms with Crippen LogP contribution in [0, 0.1) is 34.5 Å². The van der Waals surface area contributed by atoms with E-state index in [4.69, 9.17) is 30.2 Å². The number of aldehydes is 2. The molecule has 4 saturated carbocycles. The fraction of sp³-hybridized carbons (Fsp3) is 0.722. The van der Waals surface area contributed by atoms with Gasteiger partial charge in [0.2, 0.25) is 5.96 Å². The van der Waals surface area contributed by atoms with E-state index in [1.54, 1.807) is 0 Å². The highest BCUT2D eigenvalue weighted by Crippen LogP contribution is 2.78. The summed E-state index contributed by atoms with van der Waals surface area (Å²) in [5.41, 5.74) is 14.6. The van der Waals surface area contributed by atoms with Gasteiger partial charge in [0.25, 0.3) is 0 Å². The maximum absolute atomic E-state index is 12.4. The largest absolute Gasteiger partial charge is 0.459 e. The Kier molecular flexibility index (Phi) is 9.91. The fourth-order valence-electron chi connectivity index (χ4n) is 10.7. The molecule has 5 fully saturated rings. The molecule has 1 unspecified atom stereocenters. The summed E-state index contributed by atoms with van der Waals surface area (Å²) >= 11 is 0. The van der Waals surface area contributed by atoms with E-state index in [1.165, 1.54) is 19.3 Å². The van der Waals surface area contributed by atoms with E-state index in [9.17, 15) is 24.0 Å². The third kappa shape index (κ3) is 6.16. The van der Waals surface area contributed by atoms with Crippen molar-refractivity contribution in [1.29, 1.82) is 0 Å². The summed E-state index contributed by atoms with van der Waals surface area (Å²) in [6, 6.07) is 2.29. The molecule has 6 rings (SSSR count). The average molecular weight is 683 g/mol. The summed E-state index contributed by atoms with van der Waals surface area (Å²) in [7, 11) is 0. The Bertz CT molecular complexity index is 1510. The molecule has 13 heteroatoms. The van der Waals surface area contributed by atoms with Crippen LogP contribution in [0.4, 0.5) is 0 Å². The number of rotatable bonds is 13. The molecule has 1 aromatic rings. The van der Waals surface area contributed by atoms with E-state index in [0.717, 1.165) is 50.5 Å². The van der Waals surface area contributed by atoms with Crippen LogP contribution in [0.2, 0.25) is 0 Å². The maximum atomic E-state index is 12.4. The molecule has 1 aliphatic heterocycles. The number of hydrogen-bond donors (Lipinski definition) is 3. The molecule has 13 nitrogen and oxygen atoms in total. The number of esters is 1. The van der Waals surface area contributed by atoms with Crippen molar-refractivity contribution < 1.29 is 37.9 Å². The molecule has 0 amide bonds. The van der Waals surface area contributed by atoms with Crippen LogP contribution < -0.4 is 22.6 Å². The first kappa shape index (κ1) is 35.4. The molecule has 4 aliphatic carbocycles. The highest BCUT2D eigenvalue weighted by atomic mass is 16.7. The molecule has 0 aromatic carbocycles. The number of ether oxygens (including phenoxy) is 2. The molecule has 49 heavy (non-hydrogen) atoms. The second-order valence-electron chi connectivity index (χ2n) is 15.4. The van der Waals surface area contributed by atoms with Gasteiger partial charge in [-0.15, -0.1) is 0 Å². The van der Waals surface area contributed by atoms with Crippen molar-refractivity contribution in [3.05, 3.63) is 34.4 Å². The Hall–Kier alpha value is -3.42. The van der Waals surface area contributed by atoms with Crippen LogP contribution in [0.5, 0.6) is 0 Å². The normalized spacial score (nSPS) is 38.9. The molecule has 12 atom stereocenters. The maximum Gasteiger partial charge on any atom is 0.335 e. The van der Waals surface area contributed by atoms with E-state index in [1.807, 2.05) is 6.07 Å². The third-order valence-electron chi connectivity index (χ3n) is 13.0. The minimum absolute atomic E-state index is 0.0390. The van der Waals surface area contributed by atoms with Crippen molar-refractivity contribution in [3.8, 4) is 0 Å². The average Bonchev–Trinajstić information content (AvgIpc) is 3.78. The van der Waals surface area contributed by atoms with Crippen molar-refractivity contribution in [2.75, 3.05) is 6.54 Å². The van der Waals surface area contributed by atoms with Crippen LogP contribution >= 0.6 is 0 Å². The lowest BCUT2D eigenvalue weighted by Crippen LogP contribution is -2.58.